The van der Waals surface area contributed by atoms with E-state index in [4.69, 9.17) is 18.9 Å². The quantitative estimate of drug-likeness (QED) is 0.0261. The Kier molecular flexibility index (Phi) is 37.2. The fraction of sp³-hybridized carbons (Fsp3) is 0.926. The first-order valence-electron chi connectivity index (χ1n) is 28.1. The molecule has 0 aromatic rings. The summed E-state index contributed by atoms with van der Waals surface area (Å²) >= 11 is 0. The van der Waals surface area contributed by atoms with Gasteiger partial charge in [-0.3, -0.25) is 9.59 Å². The van der Waals surface area contributed by atoms with Crippen molar-refractivity contribution < 1.29 is 74.5 Å². The molecule has 17 heteroatoms. The van der Waals surface area contributed by atoms with Crippen LogP contribution in [0.15, 0.2) is 12.2 Å². The molecule has 0 spiro atoms. The predicted molar refractivity (Wildman–Crippen MR) is 273 cm³/mol. The molecular weight excluding hydrogens is 917 g/mol. The van der Waals surface area contributed by atoms with E-state index in [0.717, 1.165) is 44.9 Å². The van der Waals surface area contributed by atoms with Gasteiger partial charge in [-0.05, 0) is 25.7 Å². The maximum atomic E-state index is 13.4. The van der Waals surface area contributed by atoms with Crippen LogP contribution >= 0.6 is 0 Å². The number of rotatable bonds is 43. The number of aliphatic hydroxyl groups excluding tert-OH is 9. The number of aliphatic hydroxyl groups is 9. The van der Waals surface area contributed by atoms with Gasteiger partial charge in [-0.2, -0.15) is 0 Å². The van der Waals surface area contributed by atoms with Gasteiger partial charge in [0.1, 0.15) is 61.0 Å². The minimum absolute atomic E-state index is 0.0608. The normalized spacial score (nSPS) is 26.6. The lowest BCUT2D eigenvalue weighted by Gasteiger charge is -2.44. The average Bonchev–Trinajstić information content (AvgIpc) is 3.35. The van der Waals surface area contributed by atoms with Crippen LogP contribution in [-0.2, 0) is 28.5 Å². The molecular formula is C54H102N2O15. The van der Waals surface area contributed by atoms with Crippen molar-refractivity contribution in [2.75, 3.05) is 19.8 Å². The molecule has 418 valence electrons. The Balaban J connectivity index is 1.93. The third-order valence-corrected chi connectivity index (χ3v) is 14.1. The molecule has 2 heterocycles. The number of hydrogen-bond donors (Lipinski definition) is 11. The van der Waals surface area contributed by atoms with Crippen LogP contribution in [0.5, 0.6) is 0 Å². The standard InChI is InChI=1S/C54H102N2O15/c1-4-6-8-10-12-14-16-18-19-20-21-22-23-25-27-29-31-33-35-42(60)52(67)56-40(46(61)41(59)34-32-30-28-26-24-17-15-13-11-9-7-5-2)37-68-54-51(66)50(65)48(63)44(71-54)38-69-53-45(55-39(3)58)49(64)47(62)43(36-57)70-53/h30,32,40-51,53-54,57,59-66H,4-29,31,33-38H2,1-3H3,(H,55,58)(H,56,67). The number of ether oxygens (including phenoxy) is 4. The van der Waals surface area contributed by atoms with Crippen LogP contribution in [0.2, 0.25) is 0 Å². The second-order valence-corrected chi connectivity index (χ2v) is 20.4. The molecule has 2 fully saturated rings. The molecule has 0 radical (unpaired) electrons. The number of amides is 2. The largest absolute Gasteiger partial charge is 0.394 e. The Morgan fingerprint density at radius 3 is 1.52 bits per heavy atom. The zero-order valence-corrected chi connectivity index (χ0v) is 44.0. The number of nitrogens with one attached hydrogen (secondary N) is 2. The van der Waals surface area contributed by atoms with Crippen molar-refractivity contribution in [3.8, 4) is 0 Å². The highest BCUT2D eigenvalue weighted by atomic mass is 16.7. The van der Waals surface area contributed by atoms with Crippen molar-refractivity contribution in [1.82, 2.24) is 10.6 Å². The number of carbonyl (C=O) groups excluding carboxylic acids is 2. The van der Waals surface area contributed by atoms with E-state index >= 15 is 0 Å². The first-order valence-corrected chi connectivity index (χ1v) is 28.1. The highest BCUT2D eigenvalue weighted by Crippen LogP contribution is 2.27. The van der Waals surface area contributed by atoms with Crippen molar-refractivity contribution in [3.05, 3.63) is 12.2 Å². The minimum Gasteiger partial charge on any atom is -0.394 e. The van der Waals surface area contributed by atoms with Crippen molar-refractivity contribution in [3.63, 3.8) is 0 Å². The van der Waals surface area contributed by atoms with Crippen LogP contribution in [0, 0.1) is 0 Å². The molecule has 2 amide bonds. The van der Waals surface area contributed by atoms with E-state index in [1.807, 2.05) is 6.08 Å². The topological polar surface area (TPSA) is 277 Å². The average molecular weight is 1020 g/mol. The van der Waals surface area contributed by atoms with Crippen molar-refractivity contribution in [2.24, 2.45) is 0 Å². The van der Waals surface area contributed by atoms with Gasteiger partial charge < -0.3 is 75.5 Å². The summed E-state index contributed by atoms with van der Waals surface area (Å²) in [5.41, 5.74) is 0. The number of allylic oxidation sites excluding steroid dienone is 1. The molecule has 14 atom stereocenters. The van der Waals surface area contributed by atoms with Crippen LogP contribution < -0.4 is 10.6 Å². The molecule has 17 nitrogen and oxygen atoms in total. The molecule has 11 N–H and O–H groups in total. The molecule has 2 aliphatic heterocycles. The monoisotopic (exact) mass is 1020 g/mol. The van der Waals surface area contributed by atoms with Crippen LogP contribution in [0.4, 0.5) is 0 Å². The summed E-state index contributed by atoms with van der Waals surface area (Å²) in [5.74, 6) is -1.36. The van der Waals surface area contributed by atoms with Gasteiger partial charge in [0.2, 0.25) is 11.8 Å². The predicted octanol–water partition coefficient (Wildman–Crippen LogP) is 5.64. The van der Waals surface area contributed by atoms with Gasteiger partial charge in [0.15, 0.2) is 12.6 Å². The summed E-state index contributed by atoms with van der Waals surface area (Å²) in [6.07, 6.45) is 18.8. The minimum atomic E-state index is -1.84. The molecule has 0 aromatic carbocycles. The fourth-order valence-electron chi connectivity index (χ4n) is 9.40. The maximum Gasteiger partial charge on any atom is 0.249 e. The van der Waals surface area contributed by atoms with Crippen LogP contribution in [-0.4, -0.2) is 163 Å². The Morgan fingerprint density at radius 2 is 1.03 bits per heavy atom. The van der Waals surface area contributed by atoms with Gasteiger partial charge in [0, 0.05) is 6.92 Å². The van der Waals surface area contributed by atoms with Gasteiger partial charge >= 0.3 is 0 Å². The molecule has 2 aliphatic rings. The summed E-state index contributed by atoms with van der Waals surface area (Å²) in [6.45, 7) is 3.82. The van der Waals surface area contributed by atoms with E-state index in [2.05, 4.69) is 24.5 Å². The lowest BCUT2D eigenvalue weighted by molar-refractivity contribution is -0.321. The summed E-state index contributed by atoms with van der Waals surface area (Å²) in [7, 11) is 0. The Morgan fingerprint density at radius 1 is 0.563 bits per heavy atom. The Bertz CT molecular complexity index is 1350. The SMILES string of the molecule is CCCCCCCCCCCC=CCC(O)C(O)C(COC1OC(COC2OC(CO)C(O)C(O)C2NC(C)=O)C(O)C(O)C1O)NC(=O)C(O)CCCCCCCCCCCCCCCCCCCC. The van der Waals surface area contributed by atoms with Crippen molar-refractivity contribution in [2.45, 2.75) is 299 Å². The molecule has 0 aliphatic carbocycles. The van der Waals surface area contributed by atoms with Crippen molar-refractivity contribution in [1.29, 1.82) is 0 Å². The summed E-state index contributed by atoms with van der Waals surface area (Å²) in [5, 5.41) is 102. The van der Waals surface area contributed by atoms with E-state index < -0.39 is 117 Å². The first-order chi connectivity index (χ1) is 34.3. The van der Waals surface area contributed by atoms with E-state index in [1.165, 1.54) is 135 Å². The first kappa shape index (κ1) is 65.3. The third kappa shape index (κ3) is 27.5. The number of unbranched alkanes of at least 4 members (excludes halogenated alkanes) is 26. The van der Waals surface area contributed by atoms with Crippen LogP contribution in [0.1, 0.15) is 213 Å². The summed E-state index contributed by atoms with van der Waals surface area (Å²) < 4.78 is 22.9. The van der Waals surface area contributed by atoms with E-state index in [9.17, 15) is 55.5 Å². The van der Waals surface area contributed by atoms with Gasteiger partial charge in [-0.15, -0.1) is 0 Å². The highest BCUT2D eigenvalue weighted by Gasteiger charge is 2.48. The van der Waals surface area contributed by atoms with Gasteiger partial charge in [-0.1, -0.05) is 193 Å². The number of hydrogen-bond acceptors (Lipinski definition) is 15. The maximum absolute atomic E-state index is 13.4. The van der Waals surface area contributed by atoms with Gasteiger partial charge in [-0.25, -0.2) is 0 Å². The molecule has 14 unspecified atom stereocenters. The highest BCUT2D eigenvalue weighted by molar-refractivity contribution is 5.80. The summed E-state index contributed by atoms with van der Waals surface area (Å²) in [4.78, 5) is 25.3. The lowest BCUT2D eigenvalue weighted by atomic mass is 9.96. The number of carbonyl (C=O) groups is 2. The second-order valence-electron chi connectivity index (χ2n) is 20.4. The molecule has 0 aromatic heterocycles. The smallest absolute Gasteiger partial charge is 0.249 e. The molecule has 2 saturated heterocycles. The lowest BCUT2D eigenvalue weighted by Crippen LogP contribution is -2.65. The third-order valence-electron chi connectivity index (χ3n) is 14.1. The van der Waals surface area contributed by atoms with Crippen LogP contribution in [0.25, 0.3) is 0 Å². The molecule has 0 saturated carbocycles. The Labute approximate surface area is 426 Å². The molecule has 2 rings (SSSR count). The molecule has 0 bridgehead atoms. The van der Waals surface area contributed by atoms with E-state index in [-0.39, 0.29) is 12.8 Å². The van der Waals surface area contributed by atoms with E-state index in [0.29, 0.717) is 6.42 Å². The molecule has 71 heavy (non-hydrogen) atoms. The van der Waals surface area contributed by atoms with Gasteiger partial charge in [0.05, 0.1) is 32.0 Å². The van der Waals surface area contributed by atoms with E-state index in [1.54, 1.807) is 6.08 Å². The Hall–Kier alpha value is -1.84. The fourth-order valence-corrected chi connectivity index (χ4v) is 9.40. The zero-order valence-electron chi connectivity index (χ0n) is 44.0. The van der Waals surface area contributed by atoms with Gasteiger partial charge in [0.25, 0.3) is 0 Å². The second kappa shape index (κ2) is 40.5. The summed E-state index contributed by atoms with van der Waals surface area (Å²) in [6, 6.07) is -2.62. The van der Waals surface area contributed by atoms with Crippen molar-refractivity contribution >= 4 is 11.8 Å². The van der Waals surface area contributed by atoms with Crippen LogP contribution in [0.3, 0.4) is 0 Å². The zero-order chi connectivity index (χ0) is 52.2.